The summed E-state index contributed by atoms with van der Waals surface area (Å²) in [5.74, 6) is 0. The summed E-state index contributed by atoms with van der Waals surface area (Å²) in [6.45, 7) is 6.28. The molecule has 0 bridgehead atoms. The van der Waals surface area contributed by atoms with Crippen LogP contribution in [-0.2, 0) is 6.42 Å². The summed E-state index contributed by atoms with van der Waals surface area (Å²) in [5, 5.41) is 3.58. The second-order valence-electron chi connectivity index (χ2n) is 5.42. The van der Waals surface area contributed by atoms with Gasteiger partial charge in [0, 0.05) is 25.3 Å². The smallest absolute Gasteiger partial charge is 0.0498 e. The number of nitrogens with one attached hydrogen (secondary N) is 1. The number of hydrogen-bond acceptors (Lipinski definition) is 2. The predicted molar refractivity (Wildman–Crippen MR) is 91.9 cm³/mol. The third-order valence-electron chi connectivity index (χ3n) is 3.89. The summed E-state index contributed by atoms with van der Waals surface area (Å²) in [5.41, 5.74) is 4.00. The van der Waals surface area contributed by atoms with Gasteiger partial charge in [-0.1, -0.05) is 56.3 Å². The highest BCUT2D eigenvalue weighted by molar-refractivity contribution is 5.47. The van der Waals surface area contributed by atoms with Crippen LogP contribution >= 0.6 is 0 Å². The van der Waals surface area contributed by atoms with Crippen molar-refractivity contribution < 1.29 is 0 Å². The molecule has 2 heteroatoms. The van der Waals surface area contributed by atoms with Gasteiger partial charge in [-0.15, -0.1) is 0 Å². The van der Waals surface area contributed by atoms with Gasteiger partial charge in [-0.3, -0.25) is 0 Å². The number of likely N-dealkylation sites (N-methyl/N-ethyl adjacent to an activating group) is 2. The lowest BCUT2D eigenvalue weighted by molar-refractivity contribution is 0.550. The van der Waals surface area contributed by atoms with Crippen LogP contribution in [-0.4, -0.2) is 20.1 Å². The summed E-state index contributed by atoms with van der Waals surface area (Å²) in [6.07, 6.45) is 1.09. The molecule has 1 atom stereocenters. The SMILES string of the molecule is CCNC(CN(C)c1ccc(CC)cc1)c1ccccc1. The van der Waals surface area contributed by atoms with E-state index in [2.05, 4.69) is 85.7 Å². The molecule has 0 aliphatic carbocycles. The highest BCUT2D eigenvalue weighted by Crippen LogP contribution is 2.19. The van der Waals surface area contributed by atoms with Crippen molar-refractivity contribution in [1.82, 2.24) is 5.32 Å². The number of anilines is 1. The Labute approximate surface area is 128 Å². The first-order valence-electron chi connectivity index (χ1n) is 7.83. The molecule has 0 spiro atoms. The Morgan fingerprint density at radius 3 is 2.19 bits per heavy atom. The Bertz CT molecular complexity index is 519. The van der Waals surface area contributed by atoms with Crippen molar-refractivity contribution in [1.29, 1.82) is 0 Å². The van der Waals surface area contributed by atoms with Gasteiger partial charge >= 0.3 is 0 Å². The minimum Gasteiger partial charge on any atom is -0.373 e. The van der Waals surface area contributed by atoms with E-state index in [9.17, 15) is 0 Å². The topological polar surface area (TPSA) is 15.3 Å². The third kappa shape index (κ3) is 4.33. The first-order chi connectivity index (χ1) is 10.2. The van der Waals surface area contributed by atoms with E-state index < -0.39 is 0 Å². The average molecular weight is 282 g/mol. The zero-order valence-corrected chi connectivity index (χ0v) is 13.3. The van der Waals surface area contributed by atoms with Crippen LogP contribution in [0.2, 0.25) is 0 Å². The fourth-order valence-corrected chi connectivity index (χ4v) is 2.58. The van der Waals surface area contributed by atoms with Gasteiger partial charge in [0.1, 0.15) is 0 Å². The number of hydrogen-bond donors (Lipinski definition) is 1. The van der Waals surface area contributed by atoms with Crippen molar-refractivity contribution in [3.63, 3.8) is 0 Å². The Balaban J connectivity index is 2.08. The van der Waals surface area contributed by atoms with Gasteiger partial charge in [0.25, 0.3) is 0 Å². The van der Waals surface area contributed by atoms with E-state index in [1.807, 2.05) is 0 Å². The van der Waals surface area contributed by atoms with Crippen LogP contribution in [0.5, 0.6) is 0 Å². The lowest BCUT2D eigenvalue weighted by Gasteiger charge is -2.27. The van der Waals surface area contributed by atoms with Crippen molar-refractivity contribution in [2.75, 3.05) is 25.0 Å². The minimum atomic E-state index is 0.354. The number of aryl methyl sites for hydroxylation is 1. The van der Waals surface area contributed by atoms with Gasteiger partial charge < -0.3 is 10.2 Å². The largest absolute Gasteiger partial charge is 0.373 e. The molecule has 0 heterocycles. The molecule has 2 nitrogen and oxygen atoms in total. The van der Waals surface area contributed by atoms with Crippen LogP contribution in [0.3, 0.4) is 0 Å². The molecule has 2 aromatic rings. The van der Waals surface area contributed by atoms with Gasteiger partial charge in [-0.25, -0.2) is 0 Å². The zero-order chi connectivity index (χ0) is 15.1. The molecule has 0 saturated heterocycles. The molecule has 0 aliphatic heterocycles. The first kappa shape index (κ1) is 15.6. The molecular weight excluding hydrogens is 256 g/mol. The third-order valence-corrected chi connectivity index (χ3v) is 3.89. The monoisotopic (exact) mass is 282 g/mol. The van der Waals surface area contributed by atoms with Crippen LogP contribution in [0.4, 0.5) is 5.69 Å². The molecule has 1 unspecified atom stereocenters. The summed E-state index contributed by atoms with van der Waals surface area (Å²) < 4.78 is 0. The van der Waals surface area contributed by atoms with Crippen molar-refractivity contribution in [2.24, 2.45) is 0 Å². The summed E-state index contributed by atoms with van der Waals surface area (Å²) in [4.78, 5) is 2.32. The first-order valence-corrected chi connectivity index (χ1v) is 7.83. The molecular formula is C19H26N2. The van der Waals surface area contributed by atoms with E-state index in [1.165, 1.54) is 16.8 Å². The molecule has 0 saturated carbocycles. The molecule has 2 rings (SSSR count). The lowest BCUT2D eigenvalue weighted by atomic mass is 10.1. The van der Waals surface area contributed by atoms with Gasteiger partial charge in [0.15, 0.2) is 0 Å². The van der Waals surface area contributed by atoms with Gasteiger partial charge in [0.2, 0.25) is 0 Å². The van der Waals surface area contributed by atoms with Crippen LogP contribution in [0.1, 0.15) is 31.0 Å². The van der Waals surface area contributed by atoms with Crippen LogP contribution in [0.15, 0.2) is 54.6 Å². The second-order valence-corrected chi connectivity index (χ2v) is 5.42. The van der Waals surface area contributed by atoms with Crippen LogP contribution in [0.25, 0.3) is 0 Å². The second kappa shape index (κ2) is 7.84. The van der Waals surface area contributed by atoms with Crippen LogP contribution in [0, 0.1) is 0 Å². The van der Waals surface area contributed by atoms with Gasteiger partial charge in [0.05, 0.1) is 0 Å². The number of rotatable bonds is 7. The molecule has 0 radical (unpaired) electrons. The molecule has 0 fully saturated rings. The number of nitrogens with zero attached hydrogens (tertiary/aromatic N) is 1. The Morgan fingerprint density at radius 2 is 1.62 bits per heavy atom. The van der Waals surface area contributed by atoms with Crippen molar-refractivity contribution in [3.8, 4) is 0 Å². The zero-order valence-electron chi connectivity index (χ0n) is 13.3. The summed E-state index contributed by atoms with van der Waals surface area (Å²) in [7, 11) is 2.16. The van der Waals surface area contributed by atoms with Crippen molar-refractivity contribution in [3.05, 3.63) is 65.7 Å². The predicted octanol–water partition coefficient (Wildman–Crippen LogP) is 4.04. The number of benzene rings is 2. The molecule has 0 amide bonds. The lowest BCUT2D eigenvalue weighted by Crippen LogP contribution is -2.33. The van der Waals surface area contributed by atoms with Crippen molar-refractivity contribution in [2.45, 2.75) is 26.3 Å². The van der Waals surface area contributed by atoms with E-state index >= 15 is 0 Å². The Hall–Kier alpha value is -1.80. The maximum atomic E-state index is 3.58. The maximum absolute atomic E-state index is 3.58. The molecule has 112 valence electrons. The summed E-state index contributed by atoms with van der Waals surface area (Å²) in [6, 6.07) is 19.9. The van der Waals surface area contributed by atoms with E-state index in [0.717, 1.165) is 19.5 Å². The Kier molecular flexibility index (Phi) is 5.82. The fraction of sp³-hybridized carbons (Fsp3) is 0.368. The van der Waals surface area contributed by atoms with E-state index in [0.29, 0.717) is 6.04 Å². The van der Waals surface area contributed by atoms with E-state index in [4.69, 9.17) is 0 Å². The molecule has 0 aromatic heterocycles. The molecule has 2 aromatic carbocycles. The fourth-order valence-electron chi connectivity index (χ4n) is 2.58. The highest BCUT2D eigenvalue weighted by Gasteiger charge is 2.13. The minimum absolute atomic E-state index is 0.354. The maximum Gasteiger partial charge on any atom is 0.0498 e. The van der Waals surface area contributed by atoms with Crippen LogP contribution < -0.4 is 10.2 Å². The van der Waals surface area contributed by atoms with E-state index in [-0.39, 0.29) is 0 Å². The molecule has 0 aliphatic rings. The summed E-state index contributed by atoms with van der Waals surface area (Å²) >= 11 is 0. The molecule has 1 N–H and O–H groups in total. The normalized spacial score (nSPS) is 12.1. The highest BCUT2D eigenvalue weighted by atomic mass is 15.1. The van der Waals surface area contributed by atoms with Crippen molar-refractivity contribution >= 4 is 5.69 Å². The van der Waals surface area contributed by atoms with E-state index in [1.54, 1.807) is 0 Å². The quantitative estimate of drug-likeness (QED) is 0.824. The van der Waals surface area contributed by atoms with Gasteiger partial charge in [-0.2, -0.15) is 0 Å². The molecule has 21 heavy (non-hydrogen) atoms. The standard InChI is InChI=1S/C19H26N2/c1-4-16-11-13-18(14-12-16)21(3)15-19(20-5-2)17-9-7-6-8-10-17/h6-14,19-20H,4-5,15H2,1-3H3. The van der Waals surface area contributed by atoms with Gasteiger partial charge in [-0.05, 0) is 36.2 Å². The average Bonchev–Trinajstić information content (AvgIpc) is 2.55. The Morgan fingerprint density at radius 1 is 0.952 bits per heavy atom.